The molecular formula is C13H21N3O5. The minimum absolute atomic E-state index is 0.0290. The smallest absolute Gasteiger partial charge is 0.306 e. The molecule has 4 N–H and O–H groups in total. The van der Waals surface area contributed by atoms with Gasteiger partial charge >= 0.3 is 5.97 Å². The van der Waals surface area contributed by atoms with Crippen LogP contribution in [0.4, 0.5) is 0 Å². The van der Waals surface area contributed by atoms with Crippen molar-refractivity contribution in [3.05, 3.63) is 0 Å². The molecule has 8 nitrogen and oxygen atoms in total. The second-order valence-corrected chi connectivity index (χ2v) is 5.03. The number of ether oxygens (including phenoxy) is 1. The Balaban J connectivity index is 2.60. The summed E-state index contributed by atoms with van der Waals surface area (Å²) >= 11 is 0. The summed E-state index contributed by atoms with van der Waals surface area (Å²) < 4.78 is 4.80. The van der Waals surface area contributed by atoms with Crippen LogP contribution in [0.15, 0.2) is 0 Å². The van der Waals surface area contributed by atoms with Gasteiger partial charge in [-0.3, -0.25) is 19.2 Å². The van der Waals surface area contributed by atoms with E-state index >= 15 is 0 Å². The molecule has 0 aromatic rings. The quantitative estimate of drug-likeness (QED) is 0.510. The van der Waals surface area contributed by atoms with E-state index < -0.39 is 35.8 Å². The number of amides is 3. The van der Waals surface area contributed by atoms with Gasteiger partial charge in [-0.1, -0.05) is 6.92 Å². The molecule has 1 rings (SSSR count). The van der Waals surface area contributed by atoms with Gasteiger partial charge in [0.2, 0.25) is 17.7 Å². The van der Waals surface area contributed by atoms with Crippen molar-refractivity contribution in [2.24, 2.45) is 11.7 Å². The number of carbonyl (C=O) groups is 4. The van der Waals surface area contributed by atoms with Crippen LogP contribution in [0.1, 0.15) is 33.1 Å². The maximum atomic E-state index is 12.0. The van der Waals surface area contributed by atoms with Crippen molar-refractivity contribution < 1.29 is 23.9 Å². The third kappa shape index (κ3) is 5.05. The molecule has 3 amide bonds. The second kappa shape index (κ2) is 7.61. The highest BCUT2D eigenvalue weighted by Crippen LogP contribution is 2.12. The molecule has 1 saturated heterocycles. The number of nitrogens with two attached hydrogens (primary N) is 1. The van der Waals surface area contributed by atoms with Gasteiger partial charge < -0.3 is 21.1 Å². The fraction of sp³-hybridized carbons (Fsp3) is 0.692. The molecule has 118 valence electrons. The van der Waals surface area contributed by atoms with E-state index in [-0.39, 0.29) is 25.4 Å². The van der Waals surface area contributed by atoms with Crippen LogP contribution in [0.3, 0.4) is 0 Å². The van der Waals surface area contributed by atoms with E-state index in [2.05, 4.69) is 10.6 Å². The molecule has 0 saturated carbocycles. The van der Waals surface area contributed by atoms with Gasteiger partial charge in [-0.15, -0.1) is 0 Å². The highest BCUT2D eigenvalue weighted by atomic mass is 16.5. The number of esters is 1. The molecule has 21 heavy (non-hydrogen) atoms. The Kier molecular flexibility index (Phi) is 6.13. The predicted octanol–water partition coefficient (Wildman–Crippen LogP) is -1.18. The van der Waals surface area contributed by atoms with Crippen molar-refractivity contribution in [1.82, 2.24) is 10.6 Å². The lowest BCUT2D eigenvalue weighted by Gasteiger charge is -2.23. The van der Waals surface area contributed by atoms with E-state index in [0.29, 0.717) is 6.42 Å². The molecule has 3 atom stereocenters. The van der Waals surface area contributed by atoms with Gasteiger partial charge in [-0.25, -0.2) is 0 Å². The van der Waals surface area contributed by atoms with Crippen LogP contribution in [0.25, 0.3) is 0 Å². The van der Waals surface area contributed by atoms with E-state index in [4.69, 9.17) is 10.5 Å². The van der Waals surface area contributed by atoms with Crippen LogP contribution in [-0.2, 0) is 23.9 Å². The maximum Gasteiger partial charge on any atom is 0.306 e. The third-order valence-corrected chi connectivity index (χ3v) is 3.28. The van der Waals surface area contributed by atoms with Crippen molar-refractivity contribution >= 4 is 23.7 Å². The van der Waals surface area contributed by atoms with Crippen molar-refractivity contribution in [3.8, 4) is 0 Å². The number of primary amides is 1. The summed E-state index contributed by atoms with van der Waals surface area (Å²) in [6, 6.07) is -1.64. The molecule has 0 unspecified atom stereocenters. The molecule has 0 spiro atoms. The molecule has 0 aromatic carbocycles. The van der Waals surface area contributed by atoms with E-state index in [1.807, 2.05) is 0 Å². The molecule has 0 bridgehead atoms. The van der Waals surface area contributed by atoms with Gasteiger partial charge in [0, 0.05) is 6.42 Å². The van der Waals surface area contributed by atoms with Gasteiger partial charge in [-0.2, -0.15) is 0 Å². The van der Waals surface area contributed by atoms with Crippen molar-refractivity contribution in [2.75, 3.05) is 6.61 Å². The lowest BCUT2D eigenvalue weighted by Crippen LogP contribution is -2.53. The van der Waals surface area contributed by atoms with Gasteiger partial charge in [0.1, 0.15) is 12.1 Å². The SMILES string of the molecule is CCOC(=O)C[C@H](C)[C@@H](NC(=O)[C@H]1CCC(=O)N1)C(N)=O. The molecule has 1 aliphatic rings. The van der Waals surface area contributed by atoms with Crippen LogP contribution < -0.4 is 16.4 Å². The first kappa shape index (κ1) is 16.9. The summed E-state index contributed by atoms with van der Waals surface area (Å²) in [5.74, 6) is -2.36. The van der Waals surface area contributed by atoms with Crippen molar-refractivity contribution in [2.45, 2.75) is 45.2 Å². The Bertz CT molecular complexity index is 438. The summed E-state index contributed by atoms with van der Waals surface area (Å²) in [7, 11) is 0. The molecule has 0 aromatic heterocycles. The summed E-state index contributed by atoms with van der Waals surface area (Å²) in [4.78, 5) is 45.9. The molecule has 0 radical (unpaired) electrons. The summed E-state index contributed by atoms with van der Waals surface area (Å²) in [6.07, 6.45) is 0.624. The van der Waals surface area contributed by atoms with Gasteiger partial charge in [0.05, 0.1) is 13.0 Å². The fourth-order valence-corrected chi connectivity index (χ4v) is 2.16. The first-order chi connectivity index (χ1) is 9.85. The molecule has 1 aliphatic heterocycles. The zero-order valence-corrected chi connectivity index (χ0v) is 12.2. The maximum absolute atomic E-state index is 12.0. The van der Waals surface area contributed by atoms with E-state index in [9.17, 15) is 19.2 Å². The third-order valence-electron chi connectivity index (χ3n) is 3.28. The van der Waals surface area contributed by atoms with E-state index in [1.54, 1.807) is 13.8 Å². The van der Waals surface area contributed by atoms with Crippen LogP contribution in [-0.4, -0.2) is 42.4 Å². The average molecular weight is 299 g/mol. The van der Waals surface area contributed by atoms with E-state index in [0.717, 1.165) is 0 Å². The molecule has 8 heteroatoms. The normalized spacial score (nSPS) is 20.3. The van der Waals surface area contributed by atoms with Crippen LogP contribution in [0, 0.1) is 5.92 Å². The Labute approximate surface area is 122 Å². The minimum Gasteiger partial charge on any atom is -0.466 e. The Morgan fingerprint density at radius 2 is 2.14 bits per heavy atom. The Morgan fingerprint density at radius 3 is 2.62 bits per heavy atom. The van der Waals surface area contributed by atoms with Gasteiger partial charge in [0.15, 0.2) is 0 Å². The first-order valence-electron chi connectivity index (χ1n) is 6.89. The van der Waals surface area contributed by atoms with E-state index in [1.165, 1.54) is 0 Å². The summed E-state index contributed by atoms with van der Waals surface area (Å²) in [5, 5.41) is 4.99. The number of hydrogen-bond acceptors (Lipinski definition) is 5. The lowest BCUT2D eigenvalue weighted by molar-refractivity contribution is -0.145. The standard InChI is InChI=1S/C13H21N3O5/c1-3-21-10(18)6-7(2)11(12(14)19)16-13(20)8-4-5-9(17)15-8/h7-8,11H,3-6H2,1-2H3,(H2,14,19)(H,15,17)(H,16,20)/t7-,8+,11+/m0/s1. The average Bonchev–Trinajstić information content (AvgIpc) is 2.82. The number of nitrogens with one attached hydrogen (secondary N) is 2. The highest BCUT2D eigenvalue weighted by molar-refractivity contribution is 5.93. The van der Waals surface area contributed by atoms with Crippen molar-refractivity contribution in [1.29, 1.82) is 0 Å². The van der Waals surface area contributed by atoms with Gasteiger partial charge in [-0.05, 0) is 19.3 Å². The molecule has 0 aliphatic carbocycles. The van der Waals surface area contributed by atoms with Gasteiger partial charge in [0.25, 0.3) is 0 Å². The first-order valence-corrected chi connectivity index (χ1v) is 6.89. The highest BCUT2D eigenvalue weighted by Gasteiger charge is 2.32. The van der Waals surface area contributed by atoms with Crippen molar-refractivity contribution in [3.63, 3.8) is 0 Å². The minimum atomic E-state index is -0.987. The number of carbonyl (C=O) groups excluding carboxylic acids is 4. The molecular weight excluding hydrogens is 278 g/mol. The predicted molar refractivity (Wildman–Crippen MR) is 72.7 cm³/mol. The monoisotopic (exact) mass is 299 g/mol. The molecule has 1 fully saturated rings. The largest absolute Gasteiger partial charge is 0.466 e. The fourth-order valence-electron chi connectivity index (χ4n) is 2.16. The van der Waals surface area contributed by atoms with Crippen LogP contribution >= 0.6 is 0 Å². The van der Waals surface area contributed by atoms with Crippen LogP contribution in [0.2, 0.25) is 0 Å². The summed E-state index contributed by atoms with van der Waals surface area (Å²) in [5.41, 5.74) is 5.27. The summed E-state index contributed by atoms with van der Waals surface area (Å²) in [6.45, 7) is 3.55. The lowest BCUT2D eigenvalue weighted by atomic mass is 9.97. The second-order valence-electron chi connectivity index (χ2n) is 5.03. The zero-order valence-electron chi connectivity index (χ0n) is 12.2. The van der Waals surface area contributed by atoms with Crippen LogP contribution in [0.5, 0.6) is 0 Å². The zero-order chi connectivity index (χ0) is 16.0. The molecule has 1 heterocycles. The number of hydrogen-bond donors (Lipinski definition) is 3. The Hall–Kier alpha value is -2.12. The topological polar surface area (TPSA) is 128 Å². The Morgan fingerprint density at radius 1 is 1.48 bits per heavy atom. The number of rotatable bonds is 7.